The molecule has 1 aromatic heterocycles. The topological polar surface area (TPSA) is 79.4 Å². The Balaban J connectivity index is 1.72. The summed E-state index contributed by atoms with van der Waals surface area (Å²) in [5, 5.41) is 3.92. The van der Waals surface area contributed by atoms with E-state index in [9.17, 15) is 4.79 Å². The number of esters is 1. The summed E-state index contributed by atoms with van der Waals surface area (Å²) >= 11 is 0. The number of rotatable bonds is 4. The molecular formula is C12H19N3O3. The van der Waals surface area contributed by atoms with Gasteiger partial charge in [-0.25, -0.2) is 0 Å². The lowest BCUT2D eigenvalue weighted by atomic mass is 10.1. The van der Waals surface area contributed by atoms with Gasteiger partial charge in [0, 0.05) is 6.20 Å². The summed E-state index contributed by atoms with van der Waals surface area (Å²) in [6.45, 7) is 4.47. The number of carbonyl (C=O) groups excluding carboxylic acids is 1. The van der Waals surface area contributed by atoms with Crippen molar-refractivity contribution in [2.45, 2.75) is 44.9 Å². The molecule has 1 saturated heterocycles. The fraction of sp³-hybridized carbons (Fsp3) is 0.667. The van der Waals surface area contributed by atoms with Crippen molar-refractivity contribution in [2.75, 3.05) is 12.3 Å². The molecular weight excluding hydrogens is 234 g/mol. The standard InChI is InChI=1S/C12H19N3O3/c1-12(2)4-3-10(18-12)8-17-11(16)7-15-6-9(13)5-14-15/h5-6,10H,3-4,7-8,13H2,1-2H3. The molecule has 2 rings (SSSR count). The fourth-order valence-corrected chi connectivity index (χ4v) is 2.02. The van der Waals surface area contributed by atoms with Gasteiger partial charge >= 0.3 is 5.97 Å². The van der Waals surface area contributed by atoms with Gasteiger partial charge in [-0.1, -0.05) is 0 Å². The van der Waals surface area contributed by atoms with Crippen LogP contribution in [0.2, 0.25) is 0 Å². The van der Waals surface area contributed by atoms with Gasteiger partial charge in [0.05, 0.1) is 23.6 Å². The molecule has 0 aromatic carbocycles. The van der Waals surface area contributed by atoms with Gasteiger partial charge in [0.15, 0.2) is 0 Å². The van der Waals surface area contributed by atoms with Gasteiger partial charge in [0.25, 0.3) is 0 Å². The van der Waals surface area contributed by atoms with Crippen LogP contribution in [-0.4, -0.2) is 34.1 Å². The van der Waals surface area contributed by atoms with Gasteiger partial charge < -0.3 is 15.2 Å². The van der Waals surface area contributed by atoms with Crippen LogP contribution in [0.15, 0.2) is 12.4 Å². The number of ether oxygens (including phenoxy) is 2. The normalized spacial score (nSPS) is 22.0. The highest BCUT2D eigenvalue weighted by Crippen LogP contribution is 2.29. The largest absolute Gasteiger partial charge is 0.462 e. The highest BCUT2D eigenvalue weighted by molar-refractivity contribution is 5.69. The molecule has 0 aliphatic carbocycles. The predicted octanol–water partition coefficient (Wildman–Crippen LogP) is 0.966. The van der Waals surface area contributed by atoms with Crippen LogP contribution in [0.3, 0.4) is 0 Å². The highest BCUT2D eigenvalue weighted by atomic mass is 16.6. The summed E-state index contributed by atoms with van der Waals surface area (Å²) < 4.78 is 12.4. The number of anilines is 1. The van der Waals surface area contributed by atoms with E-state index in [1.54, 1.807) is 6.20 Å². The van der Waals surface area contributed by atoms with Crippen LogP contribution in [0.25, 0.3) is 0 Å². The zero-order chi connectivity index (χ0) is 13.2. The van der Waals surface area contributed by atoms with Crippen molar-refractivity contribution in [1.29, 1.82) is 0 Å². The van der Waals surface area contributed by atoms with Gasteiger partial charge in [-0.15, -0.1) is 0 Å². The molecule has 0 spiro atoms. The van der Waals surface area contributed by atoms with Crippen molar-refractivity contribution < 1.29 is 14.3 Å². The predicted molar refractivity (Wildman–Crippen MR) is 65.8 cm³/mol. The molecule has 1 aliphatic rings. The van der Waals surface area contributed by atoms with Crippen molar-refractivity contribution in [1.82, 2.24) is 9.78 Å². The lowest BCUT2D eigenvalue weighted by Gasteiger charge is -2.19. The van der Waals surface area contributed by atoms with Gasteiger partial charge in [-0.3, -0.25) is 9.48 Å². The molecule has 1 unspecified atom stereocenters. The van der Waals surface area contributed by atoms with Crippen LogP contribution in [0, 0.1) is 0 Å². The van der Waals surface area contributed by atoms with Gasteiger partial charge in [-0.2, -0.15) is 5.10 Å². The number of nitrogens with two attached hydrogens (primary N) is 1. The molecule has 2 N–H and O–H groups in total. The molecule has 1 fully saturated rings. The number of carbonyl (C=O) groups is 1. The highest BCUT2D eigenvalue weighted by Gasteiger charge is 2.32. The van der Waals surface area contributed by atoms with Gasteiger partial charge in [0.1, 0.15) is 13.2 Å². The minimum Gasteiger partial charge on any atom is -0.462 e. The monoisotopic (exact) mass is 253 g/mol. The third-order valence-electron chi connectivity index (χ3n) is 2.93. The third-order valence-corrected chi connectivity index (χ3v) is 2.93. The Morgan fingerprint density at radius 1 is 1.72 bits per heavy atom. The fourth-order valence-electron chi connectivity index (χ4n) is 2.02. The Hall–Kier alpha value is -1.56. The van der Waals surface area contributed by atoms with E-state index < -0.39 is 0 Å². The molecule has 2 heterocycles. The molecule has 0 saturated carbocycles. The molecule has 0 bridgehead atoms. The van der Waals surface area contributed by atoms with E-state index in [-0.39, 0.29) is 24.2 Å². The summed E-state index contributed by atoms with van der Waals surface area (Å²) in [4.78, 5) is 11.6. The number of hydrogen-bond acceptors (Lipinski definition) is 5. The van der Waals surface area contributed by atoms with Crippen molar-refractivity contribution in [3.05, 3.63) is 12.4 Å². The average Bonchev–Trinajstić information content (AvgIpc) is 2.82. The lowest BCUT2D eigenvalue weighted by molar-refractivity contribution is -0.149. The number of nitrogens with zero attached hydrogens (tertiary/aromatic N) is 2. The quantitative estimate of drug-likeness (QED) is 0.809. The Morgan fingerprint density at radius 3 is 3.06 bits per heavy atom. The first-order chi connectivity index (χ1) is 8.44. The zero-order valence-electron chi connectivity index (χ0n) is 10.8. The molecule has 0 amide bonds. The number of nitrogen functional groups attached to an aromatic ring is 1. The second-order valence-electron chi connectivity index (χ2n) is 5.19. The summed E-state index contributed by atoms with van der Waals surface area (Å²) in [5.41, 5.74) is 5.93. The van der Waals surface area contributed by atoms with E-state index in [1.165, 1.54) is 10.9 Å². The summed E-state index contributed by atoms with van der Waals surface area (Å²) in [5.74, 6) is -0.327. The van der Waals surface area contributed by atoms with E-state index in [1.807, 2.05) is 13.8 Å². The number of aromatic nitrogens is 2. The maximum absolute atomic E-state index is 11.6. The number of hydrogen-bond donors (Lipinski definition) is 1. The first-order valence-electron chi connectivity index (χ1n) is 6.06. The zero-order valence-corrected chi connectivity index (χ0v) is 10.8. The molecule has 1 aliphatic heterocycles. The minimum absolute atomic E-state index is 0.00615. The molecule has 18 heavy (non-hydrogen) atoms. The van der Waals surface area contributed by atoms with Gasteiger partial charge in [0.2, 0.25) is 0 Å². The van der Waals surface area contributed by atoms with E-state index in [0.717, 1.165) is 12.8 Å². The maximum atomic E-state index is 11.6. The molecule has 1 aromatic rings. The summed E-state index contributed by atoms with van der Waals surface area (Å²) in [6.07, 6.45) is 5.01. The Labute approximate surface area is 106 Å². The van der Waals surface area contributed by atoms with Gasteiger partial charge in [-0.05, 0) is 26.7 Å². The average molecular weight is 253 g/mol. The Kier molecular flexibility index (Phi) is 3.56. The SMILES string of the molecule is CC1(C)CCC(COC(=O)Cn2cc(N)cn2)O1. The first kappa shape index (κ1) is 12.9. The van der Waals surface area contributed by atoms with Crippen LogP contribution < -0.4 is 5.73 Å². The van der Waals surface area contributed by atoms with Crippen LogP contribution >= 0.6 is 0 Å². The molecule has 1 atom stereocenters. The molecule has 0 radical (unpaired) electrons. The summed E-state index contributed by atoms with van der Waals surface area (Å²) in [7, 11) is 0. The Bertz CT molecular complexity index is 428. The second-order valence-corrected chi connectivity index (χ2v) is 5.19. The van der Waals surface area contributed by atoms with E-state index in [0.29, 0.717) is 12.3 Å². The maximum Gasteiger partial charge on any atom is 0.327 e. The van der Waals surface area contributed by atoms with E-state index >= 15 is 0 Å². The van der Waals surface area contributed by atoms with E-state index in [2.05, 4.69) is 5.10 Å². The van der Waals surface area contributed by atoms with Crippen LogP contribution in [0.1, 0.15) is 26.7 Å². The molecule has 100 valence electrons. The minimum atomic E-state index is -0.327. The lowest BCUT2D eigenvalue weighted by Crippen LogP contribution is -2.25. The molecule has 6 nitrogen and oxygen atoms in total. The van der Waals surface area contributed by atoms with E-state index in [4.69, 9.17) is 15.2 Å². The van der Waals surface area contributed by atoms with Crippen molar-refractivity contribution >= 4 is 11.7 Å². The van der Waals surface area contributed by atoms with Crippen LogP contribution in [0.5, 0.6) is 0 Å². The first-order valence-corrected chi connectivity index (χ1v) is 6.06. The van der Waals surface area contributed by atoms with Crippen molar-refractivity contribution in [3.8, 4) is 0 Å². The smallest absolute Gasteiger partial charge is 0.327 e. The van der Waals surface area contributed by atoms with Crippen LogP contribution in [0.4, 0.5) is 5.69 Å². The third kappa shape index (κ3) is 3.46. The second kappa shape index (κ2) is 4.97. The Morgan fingerprint density at radius 2 is 2.50 bits per heavy atom. The summed E-state index contributed by atoms with van der Waals surface area (Å²) in [6, 6.07) is 0. The van der Waals surface area contributed by atoms with Crippen molar-refractivity contribution in [3.63, 3.8) is 0 Å². The van der Waals surface area contributed by atoms with Crippen LogP contribution in [-0.2, 0) is 20.8 Å². The van der Waals surface area contributed by atoms with Crippen molar-refractivity contribution in [2.24, 2.45) is 0 Å². The molecule has 6 heteroatoms.